The van der Waals surface area contributed by atoms with Crippen LogP contribution in [0.5, 0.6) is 0 Å². The third-order valence-electron chi connectivity index (χ3n) is 3.38. The fraction of sp³-hybridized carbons (Fsp3) is 0.727. The number of hydrogen-bond acceptors (Lipinski definition) is 4. The number of aromatic amines is 1. The summed E-state index contributed by atoms with van der Waals surface area (Å²) in [7, 11) is -0.176. The summed E-state index contributed by atoms with van der Waals surface area (Å²) in [6.45, 7) is 6.23. The van der Waals surface area contributed by atoms with Gasteiger partial charge in [0.1, 0.15) is 0 Å². The summed E-state index contributed by atoms with van der Waals surface area (Å²) < 4.78 is 26.4. The van der Waals surface area contributed by atoms with Gasteiger partial charge in [-0.15, -0.1) is 0 Å². The minimum atomic E-state index is -3.54. The lowest BCUT2D eigenvalue weighted by atomic mass is 10.0. The van der Waals surface area contributed by atoms with Crippen molar-refractivity contribution in [2.75, 3.05) is 14.1 Å². The molecule has 1 aromatic rings. The lowest BCUT2D eigenvalue weighted by molar-refractivity contribution is 0.256. The third kappa shape index (κ3) is 2.73. The Kier molecular flexibility index (Phi) is 4.52. The van der Waals surface area contributed by atoms with E-state index in [-0.39, 0.29) is 5.03 Å². The predicted octanol–water partition coefficient (Wildman–Crippen LogP) is 0.938. The van der Waals surface area contributed by atoms with Crippen molar-refractivity contribution >= 4 is 10.0 Å². The van der Waals surface area contributed by atoms with E-state index >= 15 is 0 Å². The Balaban J connectivity index is 3.17. The van der Waals surface area contributed by atoms with Gasteiger partial charge in [-0.25, -0.2) is 8.42 Å². The highest BCUT2D eigenvalue weighted by atomic mass is 32.2. The Morgan fingerprint density at radius 2 is 2.11 bits per heavy atom. The maximum absolute atomic E-state index is 12.5. The van der Waals surface area contributed by atoms with Crippen LogP contribution in [0.25, 0.3) is 0 Å². The van der Waals surface area contributed by atoms with Crippen LogP contribution >= 0.6 is 0 Å². The van der Waals surface area contributed by atoms with Gasteiger partial charge in [0, 0.05) is 24.7 Å². The molecule has 0 spiro atoms. The van der Waals surface area contributed by atoms with Crippen LogP contribution in [-0.4, -0.2) is 42.6 Å². The second-order valence-electron chi connectivity index (χ2n) is 4.89. The molecule has 1 heterocycles. The molecular weight excluding hydrogens is 252 g/mol. The lowest BCUT2D eigenvalue weighted by Crippen LogP contribution is -2.44. The number of sulfonamides is 1. The molecule has 6 nitrogen and oxygen atoms in total. The molecule has 0 radical (unpaired) electrons. The minimum absolute atomic E-state index is 0.167. The molecule has 0 unspecified atom stereocenters. The fourth-order valence-electron chi connectivity index (χ4n) is 1.52. The molecule has 104 valence electrons. The van der Waals surface area contributed by atoms with Gasteiger partial charge in [-0.05, 0) is 27.3 Å². The summed E-state index contributed by atoms with van der Waals surface area (Å²) in [5, 5.41) is 9.51. The van der Waals surface area contributed by atoms with Crippen LogP contribution in [0.2, 0.25) is 0 Å². The fourth-order valence-corrected chi connectivity index (χ4v) is 3.20. The molecule has 0 saturated carbocycles. The Morgan fingerprint density at radius 1 is 1.50 bits per heavy atom. The first kappa shape index (κ1) is 15.1. The molecule has 0 aliphatic rings. The normalized spacial score (nSPS) is 13.2. The number of nitrogens with one attached hydrogen (secondary N) is 2. The zero-order valence-electron chi connectivity index (χ0n) is 11.6. The molecule has 1 aromatic heterocycles. The molecule has 1 rings (SSSR count). The van der Waals surface area contributed by atoms with Crippen LogP contribution in [0.1, 0.15) is 32.8 Å². The van der Waals surface area contributed by atoms with Crippen LogP contribution in [-0.2, 0) is 16.6 Å². The van der Waals surface area contributed by atoms with Crippen molar-refractivity contribution in [3.8, 4) is 0 Å². The number of hydrogen-bond donors (Lipinski definition) is 2. The van der Waals surface area contributed by atoms with Crippen molar-refractivity contribution in [3.05, 3.63) is 11.8 Å². The highest BCUT2D eigenvalue weighted by Crippen LogP contribution is 2.25. The molecule has 0 amide bonds. The SMILES string of the molecule is CCC(C)(C)N(C)S(=O)(=O)c1[nH]ncc1CNC. The van der Waals surface area contributed by atoms with Crippen molar-refractivity contribution in [1.29, 1.82) is 0 Å². The zero-order chi connectivity index (χ0) is 14.0. The van der Waals surface area contributed by atoms with E-state index in [9.17, 15) is 8.42 Å². The van der Waals surface area contributed by atoms with E-state index in [4.69, 9.17) is 0 Å². The Labute approximate surface area is 109 Å². The molecule has 18 heavy (non-hydrogen) atoms. The molecule has 0 bridgehead atoms. The van der Waals surface area contributed by atoms with Gasteiger partial charge >= 0.3 is 0 Å². The van der Waals surface area contributed by atoms with Gasteiger partial charge in [0.05, 0.1) is 6.20 Å². The summed E-state index contributed by atoms with van der Waals surface area (Å²) in [4.78, 5) is 0. The molecule has 0 aliphatic heterocycles. The molecule has 0 aliphatic carbocycles. The monoisotopic (exact) mass is 274 g/mol. The first-order valence-corrected chi connectivity index (χ1v) is 7.37. The van der Waals surface area contributed by atoms with Gasteiger partial charge in [-0.2, -0.15) is 9.40 Å². The van der Waals surface area contributed by atoms with Gasteiger partial charge in [0.25, 0.3) is 10.0 Å². The van der Waals surface area contributed by atoms with E-state index in [1.165, 1.54) is 10.5 Å². The van der Waals surface area contributed by atoms with Gasteiger partial charge in [0.15, 0.2) is 5.03 Å². The molecule has 0 aromatic carbocycles. The zero-order valence-corrected chi connectivity index (χ0v) is 12.4. The quantitative estimate of drug-likeness (QED) is 0.809. The number of aromatic nitrogens is 2. The predicted molar refractivity (Wildman–Crippen MR) is 70.7 cm³/mol. The molecule has 2 N–H and O–H groups in total. The second-order valence-corrected chi connectivity index (χ2v) is 6.80. The summed E-state index contributed by atoms with van der Waals surface area (Å²) in [5.41, 5.74) is 0.220. The van der Waals surface area contributed by atoms with Crippen molar-refractivity contribution in [2.24, 2.45) is 0 Å². The maximum Gasteiger partial charge on any atom is 0.260 e. The van der Waals surface area contributed by atoms with E-state index in [1.54, 1.807) is 14.1 Å². The number of rotatable bonds is 6. The summed E-state index contributed by atoms with van der Waals surface area (Å²) >= 11 is 0. The van der Waals surface area contributed by atoms with Gasteiger partial charge in [-0.3, -0.25) is 5.10 Å². The first-order valence-electron chi connectivity index (χ1n) is 5.93. The standard InChI is InChI=1S/C11H22N4O2S/c1-6-11(2,3)15(5)18(16,17)10-9(7-12-4)8-13-14-10/h8,12H,6-7H2,1-5H3,(H,13,14). The lowest BCUT2D eigenvalue weighted by Gasteiger charge is -2.33. The average molecular weight is 274 g/mol. The van der Waals surface area contributed by atoms with E-state index in [2.05, 4.69) is 15.5 Å². The first-order chi connectivity index (χ1) is 8.27. The number of H-pyrrole nitrogens is 1. The summed E-state index contributed by atoms with van der Waals surface area (Å²) in [5.74, 6) is 0. The van der Waals surface area contributed by atoms with Crippen LogP contribution in [0.15, 0.2) is 11.2 Å². The van der Waals surface area contributed by atoms with E-state index < -0.39 is 15.6 Å². The summed E-state index contributed by atoms with van der Waals surface area (Å²) in [6.07, 6.45) is 2.27. The molecular formula is C11H22N4O2S. The molecule has 0 atom stereocenters. The van der Waals surface area contributed by atoms with E-state index in [0.717, 1.165) is 6.42 Å². The van der Waals surface area contributed by atoms with Crippen molar-refractivity contribution < 1.29 is 8.42 Å². The average Bonchev–Trinajstić information content (AvgIpc) is 2.77. The third-order valence-corrected chi connectivity index (χ3v) is 5.47. The Morgan fingerprint density at radius 3 is 2.61 bits per heavy atom. The van der Waals surface area contributed by atoms with E-state index in [0.29, 0.717) is 12.1 Å². The van der Waals surface area contributed by atoms with Crippen LogP contribution in [0.3, 0.4) is 0 Å². The van der Waals surface area contributed by atoms with Gasteiger partial charge < -0.3 is 5.32 Å². The van der Waals surface area contributed by atoms with Crippen molar-refractivity contribution in [3.63, 3.8) is 0 Å². The molecule has 0 saturated heterocycles. The van der Waals surface area contributed by atoms with Crippen molar-refractivity contribution in [1.82, 2.24) is 19.8 Å². The number of nitrogens with zero attached hydrogens (tertiary/aromatic N) is 2. The minimum Gasteiger partial charge on any atom is -0.316 e. The van der Waals surface area contributed by atoms with Crippen LogP contribution in [0, 0.1) is 0 Å². The van der Waals surface area contributed by atoms with Gasteiger partial charge in [0.2, 0.25) is 0 Å². The smallest absolute Gasteiger partial charge is 0.260 e. The topological polar surface area (TPSA) is 78.1 Å². The Hall–Kier alpha value is -0.920. The van der Waals surface area contributed by atoms with E-state index in [1.807, 2.05) is 20.8 Å². The second kappa shape index (κ2) is 5.38. The Bertz CT molecular complexity index is 493. The van der Waals surface area contributed by atoms with Gasteiger partial charge in [-0.1, -0.05) is 6.92 Å². The van der Waals surface area contributed by atoms with Crippen LogP contribution < -0.4 is 5.32 Å². The highest BCUT2D eigenvalue weighted by molar-refractivity contribution is 7.89. The summed E-state index contributed by atoms with van der Waals surface area (Å²) in [6, 6.07) is 0. The molecule has 7 heteroatoms. The largest absolute Gasteiger partial charge is 0.316 e. The van der Waals surface area contributed by atoms with Crippen LogP contribution in [0.4, 0.5) is 0 Å². The van der Waals surface area contributed by atoms with Crippen molar-refractivity contribution in [2.45, 2.75) is 44.3 Å². The highest BCUT2D eigenvalue weighted by Gasteiger charge is 2.34. The maximum atomic E-state index is 12.5. The molecule has 0 fully saturated rings.